The molecule has 0 saturated carbocycles. The summed E-state index contributed by atoms with van der Waals surface area (Å²) in [5.41, 5.74) is 4.47. The summed E-state index contributed by atoms with van der Waals surface area (Å²) in [7, 11) is 0. The molecule has 0 saturated heterocycles. The topological polar surface area (TPSA) is 69.0 Å². The van der Waals surface area contributed by atoms with Gasteiger partial charge in [-0.3, -0.25) is 9.63 Å². The van der Waals surface area contributed by atoms with Gasteiger partial charge in [-0.25, -0.2) is 15.1 Å². The van der Waals surface area contributed by atoms with E-state index in [0.717, 1.165) is 23.1 Å². The highest BCUT2D eigenvalue weighted by Crippen LogP contribution is 2.22. The van der Waals surface area contributed by atoms with E-state index >= 15 is 0 Å². The van der Waals surface area contributed by atoms with Crippen LogP contribution < -0.4 is 5.48 Å². The first-order valence-corrected chi connectivity index (χ1v) is 6.85. The number of fused-ring (bicyclic) bond motifs is 1. The summed E-state index contributed by atoms with van der Waals surface area (Å²) < 4.78 is 1.86. The molecular formula is C14H20N4O2. The molecule has 2 aromatic heterocycles. The van der Waals surface area contributed by atoms with Crippen LogP contribution in [0, 0.1) is 6.92 Å². The van der Waals surface area contributed by atoms with Crippen molar-refractivity contribution in [3.05, 3.63) is 23.5 Å². The maximum atomic E-state index is 12.1. The zero-order valence-electron chi connectivity index (χ0n) is 12.3. The van der Waals surface area contributed by atoms with Gasteiger partial charge in [-0.05, 0) is 33.3 Å². The normalized spacial score (nSPS) is 12.6. The molecule has 0 spiro atoms. The highest BCUT2D eigenvalue weighted by molar-refractivity contribution is 6.05. The van der Waals surface area contributed by atoms with Crippen LogP contribution in [0.1, 0.15) is 49.3 Å². The highest BCUT2D eigenvalue weighted by Gasteiger charge is 2.17. The van der Waals surface area contributed by atoms with E-state index in [2.05, 4.69) is 29.4 Å². The summed E-state index contributed by atoms with van der Waals surface area (Å²) in [5.74, 6) is -0.272. The Kier molecular flexibility index (Phi) is 4.34. The number of nitrogens with zero attached hydrogens (tertiary/aromatic N) is 3. The molecule has 6 heteroatoms. The number of rotatable bonds is 5. The van der Waals surface area contributed by atoms with Crippen LogP contribution in [0.25, 0.3) is 11.0 Å². The Morgan fingerprint density at radius 3 is 2.90 bits per heavy atom. The van der Waals surface area contributed by atoms with Crippen LogP contribution in [0.5, 0.6) is 0 Å². The van der Waals surface area contributed by atoms with Crippen LogP contribution in [0.15, 0.2) is 12.3 Å². The van der Waals surface area contributed by atoms with E-state index in [4.69, 9.17) is 4.84 Å². The third kappa shape index (κ3) is 2.65. The highest BCUT2D eigenvalue weighted by atomic mass is 16.6. The summed E-state index contributed by atoms with van der Waals surface area (Å²) in [6.45, 7) is 8.28. The van der Waals surface area contributed by atoms with E-state index in [0.29, 0.717) is 12.2 Å². The van der Waals surface area contributed by atoms with E-state index in [9.17, 15) is 4.79 Å². The molecule has 0 aliphatic rings. The number of hydrogen-bond acceptors (Lipinski definition) is 4. The average Bonchev–Trinajstić information content (AvgIpc) is 2.86. The second-order valence-electron chi connectivity index (χ2n) is 4.76. The van der Waals surface area contributed by atoms with Crippen molar-refractivity contribution >= 4 is 16.9 Å². The number of aromatic nitrogens is 3. The van der Waals surface area contributed by atoms with Crippen LogP contribution in [0.2, 0.25) is 0 Å². The molecule has 0 radical (unpaired) electrons. The molecule has 0 bridgehead atoms. The number of pyridine rings is 1. The van der Waals surface area contributed by atoms with E-state index in [1.807, 2.05) is 18.5 Å². The molecule has 6 nitrogen and oxygen atoms in total. The van der Waals surface area contributed by atoms with Gasteiger partial charge in [0.25, 0.3) is 5.91 Å². The Labute approximate surface area is 118 Å². The number of hydroxylamine groups is 1. The second-order valence-corrected chi connectivity index (χ2v) is 4.76. The molecule has 2 heterocycles. The molecule has 2 rings (SSSR count). The third-order valence-electron chi connectivity index (χ3n) is 3.26. The second kappa shape index (κ2) is 6.00. The first-order valence-electron chi connectivity index (χ1n) is 6.85. The number of hydrogen-bond donors (Lipinski definition) is 1. The largest absolute Gasteiger partial charge is 0.275 e. The smallest absolute Gasteiger partial charge is 0.274 e. The van der Waals surface area contributed by atoms with Gasteiger partial charge < -0.3 is 0 Å². The molecule has 1 amide bonds. The first kappa shape index (κ1) is 14.5. The van der Waals surface area contributed by atoms with Crippen LogP contribution in [0.4, 0.5) is 0 Å². The minimum Gasteiger partial charge on any atom is -0.274 e. The summed E-state index contributed by atoms with van der Waals surface area (Å²) in [4.78, 5) is 21.6. The average molecular weight is 276 g/mol. The number of carbonyl (C=O) groups excluding carboxylic acids is 1. The summed E-state index contributed by atoms with van der Waals surface area (Å²) in [6, 6.07) is 1.99. The molecule has 0 aliphatic carbocycles. The fourth-order valence-electron chi connectivity index (χ4n) is 2.02. The predicted octanol–water partition coefficient (Wildman–Crippen LogP) is 2.39. The van der Waals surface area contributed by atoms with Gasteiger partial charge in [0.2, 0.25) is 0 Å². The standard InChI is InChI=1S/C14H20N4O2/c1-5-10(4)18-13-12(8-15-18)11(7-9(3)16-13)14(19)17-20-6-2/h7-8,10H,5-6H2,1-4H3,(H,17,19)/t10-/m0/s1. The van der Waals surface area contributed by atoms with Gasteiger partial charge in [0.1, 0.15) is 0 Å². The molecule has 2 aromatic rings. The molecule has 108 valence electrons. The molecule has 0 aliphatic heterocycles. The van der Waals surface area contributed by atoms with E-state index < -0.39 is 0 Å². The zero-order chi connectivity index (χ0) is 14.7. The van der Waals surface area contributed by atoms with Crippen LogP contribution in [-0.2, 0) is 4.84 Å². The van der Waals surface area contributed by atoms with Crippen LogP contribution in [0.3, 0.4) is 0 Å². The molecule has 0 unspecified atom stereocenters. The van der Waals surface area contributed by atoms with Crippen molar-refractivity contribution in [2.24, 2.45) is 0 Å². The van der Waals surface area contributed by atoms with Crippen molar-refractivity contribution in [2.45, 2.75) is 40.2 Å². The zero-order valence-corrected chi connectivity index (χ0v) is 12.3. The summed E-state index contributed by atoms with van der Waals surface area (Å²) in [6.07, 6.45) is 2.64. The molecule has 0 aromatic carbocycles. The molecule has 0 fully saturated rings. The van der Waals surface area contributed by atoms with Crippen molar-refractivity contribution in [2.75, 3.05) is 6.61 Å². The van der Waals surface area contributed by atoms with Gasteiger partial charge in [0.05, 0.1) is 29.8 Å². The SMILES string of the molecule is CCONC(=O)c1cc(C)nc2c1cnn2[C@@H](C)CC. The number of nitrogens with one attached hydrogen (secondary N) is 1. The summed E-state index contributed by atoms with van der Waals surface area (Å²) in [5, 5.41) is 5.11. The predicted molar refractivity (Wildman–Crippen MR) is 76.4 cm³/mol. The monoisotopic (exact) mass is 276 g/mol. The molecule has 1 atom stereocenters. The Morgan fingerprint density at radius 1 is 1.50 bits per heavy atom. The van der Waals surface area contributed by atoms with Gasteiger partial charge in [0.15, 0.2) is 5.65 Å². The van der Waals surface area contributed by atoms with Crippen molar-refractivity contribution in [1.82, 2.24) is 20.2 Å². The quantitative estimate of drug-likeness (QED) is 0.851. The van der Waals surface area contributed by atoms with Gasteiger partial charge in [-0.2, -0.15) is 5.10 Å². The summed E-state index contributed by atoms with van der Waals surface area (Å²) >= 11 is 0. The Balaban J connectivity index is 2.51. The van der Waals surface area contributed by atoms with Gasteiger partial charge in [0, 0.05) is 5.69 Å². The number of amides is 1. The fourth-order valence-corrected chi connectivity index (χ4v) is 2.02. The third-order valence-corrected chi connectivity index (χ3v) is 3.26. The van der Waals surface area contributed by atoms with Crippen LogP contribution in [-0.4, -0.2) is 27.3 Å². The Morgan fingerprint density at radius 2 is 2.25 bits per heavy atom. The minimum atomic E-state index is -0.272. The van der Waals surface area contributed by atoms with Gasteiger partial charge in [-0.1, -0.05) is 6.92 Å². The lowest BCUT2D eigenvalue weighted by molar-refractivity contribution is 0.0366. The van der Waals surface area contributed by atoms with Gasteiger partial charge >= 0.3 is 0 Å². The maximum absolute atomic E-state index is 12.1. The number of aryl methyl sites for hydroxylation is 1. The van der Waals surface area contributed by atoms with Crippen LogP contribution >= 0.6 is 0 Å². The first-order chi connectivity index (χ1) is 9.58. The van der Waals surface area contributed by atoms with Crippen molar-refractivity contribution in [1.29, 1.82) is 0 Å². The van der Waals surface area contributed by atoms with E-state index in [-0.39, 0.29) is 11.9 Å². The van der Waals surface area contributed by atoms with Crippen molar-refractivity contribution in [3.63, 3.8) is 0 Å². The number of carbonyl (C=O) groups is 1. The minimum absolute atomic E-state index is 0.240. The fraction of sp³-hybridized carbons (Fsp3) is 0.500. The lowest BCUT2D eigenvalue weighted by Gasteiger charge is -2.11. The Hall–Kier alpha value is -1.95. The van der Waals surface area contributed by atoms with Crippen molar-refractivity contribution < 1.29 is 9.63 Å². The Bertz CT molecular complexity index is 621. The molecule has 1 N–H and O–H groups in total. The maximum Gasteiger partial charge on any atom is 0.275 e. The lowest BCUT2D eigenvalue weighted by atomic mass is 10.1. The van der Waals surface area contributed by atoms with E-state index in [1.54, 1.807) is 12.3 Å². The molecule has 20 heavy (non-hydrogen) atoms. The van der Waals surface area contributed by atoms with Crippen molar-refractivity contribution in [3.8, 4) is 0 Å². The van der Waals surface area contributed by atoms with Gasteiger partial charge in [-0.15, -0.1) is 0 Å². The molecular weight excluding hydrogens is 256 g/mol. The lowest BCUT2D eigenvalue weighted by Crippen LogP contribution is -2.24. The van der Waals surface area contributed by atoms with E-state index in [1.165, 1.54) is 0 Å².